The monoisotopic (exact) mass is 274 g/mol. The van der Waals surface area contributed by atoms with E-state index in [1.165, 1.54) is 6.07 Å². The summed E-state index contributed by atoms with van der Waals surface area (Å²) < 4.78 is 5.51. The van der Waals surface area contributed by atoms with Gasteiger partial charge in [-0.3, -0.25) is 10.1 Å². The third-order valence-corrected chi connectivity index (χ3v) is 2.65. The molecule has 1 heterocycles. The van der Waals surface area contributed by atoms with Crippen molar-refractivity contribution in [1.82, 2.24) is 9.97 Å². The number of aromatic nitrogens is 2. The summed E-state index contributed by atoms with van der Waals surface area (Å²) in [6.45, 7) is 3.63. The topological polar surface area (TPSA) is 104 Å². The lowest BCUT2D eigenvalue weighted by Gasteiger charge is -2.07. The van der Waals surface area contributed by atoms with E-state index in [4.69, 9.17) is 10.5 Å². The van der Waals surface area contributed by atoms with Crippen LogP contribution in [0, 0.1) is 24.0 Å². The average molecular weight is 274 g/mol. The second-order valence-corrected chi connectivity index (χ2v) is 4.34. The summed E-state index contributed by atoms with van der Waals surface area (Å²) in [6, 6.07) is 6.23. The van der Waals surface area contributed by atoms with Gasteiger partial charge in [0.15, 0.2) is 5.82 Å². The number of nitrogen functional groups attached to an aromatic ring is 1. The van der Waals surface area contributed by atoms with E-state index in [-0.39, 0.29) is 12.3 Å². The van der Waals surface area contributed by atoms with E-state index < -0.39 is 4.92 Å². The maximum atomic E-state index is 10.7. The van der Waals surface area contributed by atoms with Gasteiger partial charge in [0.05, 0.1) is 4.92 Å². The van der Waals surface area contributed by atoms with Gasteiger partial charge in [0.1, 0.15) is 18.2 Å². The minimum atomic E-state index is -0.427. The van der Waals surface area contributed by atoms with Gasteiger partial charge in [-0.15, -0.1) is 0 Å². The second kappa shape index (κ2) is 5.52. The molecule has 0 spiro atoms. The van der Waals surface area contributed by atoms with Crippen LogP contribution in [0.4, 0.5) is 11.5 Å². The van der Waals surface area contributed by atoms with Gasteiger partial charge in [0.2, 0.25) is 0 Å². The van der Waals surface area contributed by atoms with Crippen LogP contribution in [0.3, 0.4) is 0 Å². The van der Waals surface area contributed by atoms with Crippen molar-refractivity contribution in [3.63, 3.8) is 0 Å². The Balaban J connectivity index is 2.11. The summed E-state index contributed by atoms with van der Waals surface area (Å²) in [7, 11) is 0. The first kappa shape index (κ1) is 13.7. The van der Waals surface area contributed by atoms with E-state index in [0.29, 0.717) is 23.0 Å². The van der Waals surface area contributed by atoms with E-state index in [0.717, 1.165) is 5.69 Å². The number of nitrogens with zero attached hydrogens (tertiary/aromatic N) is 3. The third kappa shape index (κ3) is 3.19. The fourth-order valence-electron chi connectivity index (χ4n) is 1.79. The lowest BCUT2D eigenvalue weighted by atomic mass is 10.2. The first-order valence-electron chi connectivity index (χ1n) is 5.93. The van der Waals surface area contributed by atoms with Crippen LogP contribution in [0.5, 0.6) is 5.75 Å². The summed E-state index contributed by atoms with van der Waals surface area (Å²) in [5.74, 6) is 1.38. The van der Waals surface area contributed by atoms with Crippen molar-refractivity contribution in [3.8, 4) is 5.75 Å². The number of hydrogen-bond acceptors (Lipinski definition) is 6. The summed E-state index contributed by atoms with van der Waals surface area (Å²) in [5, 5.41) is 10.7. The fourth-order valence-corrected chi connectivity index (χ4v) is 1.79. The molecule has 0 atom stereocenters. The van der Waals surface area contributed by atoms with Crippen molar-refractivity contribution in [2.45, 2.75) is 20.5 Å². The molecule has 2 rings (SSSR count). The van der Waals surface area contributed by atoms with Crippen molar-refractivity contribution < 1.29 is 9.66 Å². The van der Waals surface area contributed by atoms with Crippen molar-refractivity contribution in [3.05, 3.63) is 51.5 Å². The van der Waals surface area contributed by atoms with E-state index >= 15 is 0 Å². The van der Waals surface area contributed by atoms with E-state index in [1.807, 2.05) is 6.92 Å². The molecule has 0 radical (unpaired) electrons. The zero-order chi connectivity index (χ0) is 14.7. The predicted octanol–water partition coefficient (Wildman–Crippen LogP) is 2.16. The van der Waals surface area contributed by atoms with E-state index in [1.54, 1.807) is 25.1 Å². The van der Waals surface area contributed by atoms with Crippen LogP contribution >= 0.6 is 0 Å². The number of hydrogen-bond donors (Lipinski definition) is 1. The van der Waals surface area contributed by atoms with Crippen LogP contribution in [0.1, 0.15) is 17.1 Å². The Labute approximate surface area is 115 Å². The molecule has 0 aliphatic rings. The van der Waals surface area contributed by atoms with Crippen LogP contribution in [-0.2, 0) is 6.61 Å². The standard InChI is InChI=1S/C13H14N4O3/c1-8-5-10(3-4-11(8)17(18)19)20-7-13-15-9(2)6-12(14)16-13/h3-6H,7H2,1-2H3,(H2,14,15,16). The number of benzene rings is 1. The lowest BCUT2D eigenvalue weighted by Crippen LogP contribution is -2.05. The molecule has 0 fully saturated rings. The smallest absolute Gasteiger partial charge is 0.272 e. The number of ether oxygens (including phenoxy) is 1. The maximum absolute atomic E-state index is 10.7. The molecule has 0 saturated heterocycles. The second-order valence-electron chi connectivity index (χ2n) is 4.34. The van der Waals surface area contributed by atoms with Gasteiger partial charge in [-0.05, 0) is 26.0 Å². The summed E-state index contributed by atoms with van der Waals surface area (Å²) in [4.78, 5) is 18.5. The van der Waals surface area contributed by atoms with Gasteiger partial charge in [0.25, 0.3) is 5.69 Å². The Bertz CT molecular complexity index is 638. The Kier molecular flexibility index (Phi) is 3.79. The van der Waals surface area contributed by atoms with Crippen LogP contribution in [0.25, 0.3) is 0 Å². The summed E-state index contributed by atoms with van der Waals surface area (Å²) in [5.41, 5.74) is 6.99. The molecule has 2 N–H and O–H groups in total. The molecule has 0 amide bonds. The Hall–Kier alpha value is -2.70. The minimum absolute atomic E-state index is 0.0633. The Morgan fingerprint density at radius 1 is 1.30 bits per heavy atom. The zero-order valence-corrected chi connectivity index (χ0v) is 11.2. The van der Waals surface area contributed by atoms with Gasteiger partial charge in [-0.1, -0.05) is 0 Å². The van der Waals surface area contributed by atoms with Gasteiger partial charge >= 0.3 is 0 Å². The highest BCUT2D eigenvalue weighted by molar-refractivity contribution is 5.44. The molecule has 0 bridgehead atoms. The molecular weight excluding hydrogens is 260 g/mol. The number of anilines is 1. The third-order valence-electron chi connectivity index (χ3n) is 2.65. The number of nitro benzene ring substituents is 1. The zero-order valence-electron chi connectivity index (χ0n) is 11.2. The molecule has 7 heteroatoms. The molecule has 0 aliphatic heterocycles. The van der Waals surface area contributed by atoms with Crippen molar-refractivity contribution in [2.75, 3.05) is 5.73 Å². The minimum Gasteiger partial charge on any atom is -0.486 e. The Morgan fingerprint density at radius 3 is 2.65 bits per heavy atom. The number of rotatable bonds is 4. The van der Waals surface area contributed by atoms with Crippen molar-refractivity contribution in [2.24, 2.45) is 0 Å². The number of aryl methyl sites for hydroxylation is 2. The highest BCUT2D eigenvalue weighted by atomic mass is 16.6. The molecule has 1 aromatic heterocycles. The Morgan fingerprint density at radius 2 is 2.05 bits per heavy atom. The van der Waals surface area contributed by atoms with Crippen LogP contribution < -0.4 is 10.5 Å². The molecule has 20 heavy (non-hydrogen) atoms. The first-order valence-corrected chi connectivity index (χ1v) is 5.93. The summed E-state index contributed by atoms with van der Waals surface area (Å²) in [6.07, 6.45) is 0. The van der Waals surface area contributed by atoms with Crippen LogP contribution in [0.15, 0.2) is 24.3 Å². The SMILES string of the molecule is Cc1cc(N)nc(COc2ccc([N+](=O)[O-])c(C)c2)n1. The maximum Gasteiger partial charge on any atom is 0.272 e. The van der Waals surface area contributed by atoms with Gasteiger partial charge in [-0.25, -0.2) is 9.97 Å². The lowest BCUT2D eigenvalue weighted by molar-refractivity contribution is -0.385. The highest BCUT2D eigenvalue weighted by Crippen LogP contribution is 2.23. The molecule has 1 aromatic carbocycles. The molecule has 0 aliphatic carbocycles. The predicted molar refractivity (Wildman–Crippen MR) is 73.3 cm³/mol. The quantitative estimate of drug-likeness (QED) is 0.676. The van der Waals surface area contributed by atoms with Crippen LogP contribution in [0.2, 0.25) is 0 Å². The first-order chi connectivity index (χ1) is 9.45. The van der Waals surface area contributed by atoms with Crippen LogP contribution in [-0.4, -0.2) is 14.9 Å². The van der Waals surface area contributed by atoms with E-state index in [2.05, 4.69) is 9.97 Å². The van der Waals surface area contributed by atoms with Crippen molar-refractivity contribution >= 4 is 11.5 Å². The molecule has 0 saturated carbocycles. The molecule has 0 unspecified atom stereocenters. The highest BCUT2D eigenvalue weighted by Gasteiger charge is 2.11. The molecule has 2 aromatic rings. The summed E-state index contributed by atoms with van der Waals surface area (Å²) >= 11 is 0. The molecule has 7 nitrogen and oxygen atoms in total. The number of nitrogens with two attached hydrogens (primary N) is 1. The normalized spacial score (nSPS) is 10.3. The average Bonchev–Trinajstić information content (AvgIpc) is 2.35. The largest absolute Gasteiger partial charge is 0.486 e. The molecule has 104 valence electrons. The van der Waals surface area contributed by atoms with Crippen molar-refractivity contribution in [1.29, 1.82) is 0 Å². The molecular formula is C13H14N4O3. The van der Waals surface area contributed by atoms with Gasteiger partial charge in [-0.2, -0.15) is 0 Å². The van der Waals surface area contributed by atoms with Gasteiger partial charge < -0.3 is 10.5 Å². The fraction of sp³-hybridized carbons (Fsp3) is 0.231. The van der Waals surface area contributed by atoms with E-state index in [9.17, 15) is 10.1 Å². The number of nitro groups is 1. The van der Waals surface area contributed by atoms with Gasteiger partial charge in [0, 0.05) is 23.4 Å².